The lowest BCUT2D eigenvalue weighted by molar-refractivity contribution is 0.240. The van der Waals surface area contributed by atoms with Gasteiger partial charge >= 0.3 is 0 Å². The van der Waals surface area contributed by atoms with Crippen LogP contribution in [0.5, 0.6) is 0 Å². The number of methoxy groups -OCH3 is 1. The molecule has 3 rings (SSSR count). The molecule has 0 atom stereocenters. The van der Waals surface area contributed by atoms with E-state index in [9.17, 15) is 12.8 Å². The third-order valence-corrected chi connectivity index (χ3v) is 5.73. The van der Waals surface area contributed by atoms with E-state index in [0.29, 0.717) is 17.7 Å². The van der Waals surface area contributed by atoms with Crippen molar-refractivity contribution >= 4 is 10.0 Å². The molecule has 1 N–H and O–H groups in total. The van der Waals surface area contributed by atoms with E-state index in [1.54, 1.807) is 31.3 Å². The van der Waals surface area contributed by atoms with Crippen molar-refractivity contribution in [3.05, 3.63) is 71.9 Å². The second kappa shape index (κ2) is 9.01. The van der Waals surface area contributed by atoms with Crippen molar-refractivity contribution in [2.24, 2.45) is 0 Å². The van der Waals surface area contributed by atoms with Crippen LogP contribution in [0.1, 0.15) is 11.1 Å². The normalized spacial score (nSPS) is 11.1. The van der Waals surface area contributed by atoms with Crippen LogP contribution >= 0.6 is 0 Å². The molecule has 0 saturated heterocycles. The molecule has 0 spiro atoms. The van der Waals surface area contributed by atoms with E-state index in [-0.39, 0.29) is 22.8 Å². The van der Waals surface area contributed by atoms with Gasteiger partial charge in [-0.05, 0) is 36.9 Å². The topological polar surface area (TPSA) is 73.2 Å². The molecule has 0 aliphatic heterocycles. The molecule has 2 aromatic heterocycles. The number of aromatic nitrogens is 2. The quantitative estimate of drug-likeness (QED) is 0.629. The van der Waals surface area contributed by atoms with E-state index in [1.807, 2.05) is 0 Å². The first-order valence-corrected chi connectivity index (χ1v) is 10.2. The van der Waals surface area contributed by atoms with Gasteiger partial charge in [0.2, 0.25) is 0 Å². The Balaban J connectivity index is 2.13. The molecule has 0 aliphatic rings. The van der Waals surface area contributed by atoms with Crippen molar-refractivity contribution in [1.29, 1.82) is 0 Å². The van der Waals surface area contributed by atoms with Gasteiger partial charge in [0.05, 0.1) is 5.69 Å². The summed E-state index contributed by atoms with van der Waals surface area (Å²) in [6.45, 7) is 0.657. The zero-order valence-corrected chi connectivity index (χ0v) is 16.8. The lowest BCUT2D eigenvalue weighted by Crippen LogP contribution is -2.14. The van der Waals surface area contributed by atoms with Crippen LogP contribution in [0.15, 0.2) is 59.9 Å². The molecule has 3 aromatic rings. The largest absolute Gasteiger partial charge is 0.372 e. The van der Waals surface area contributed by atoms with Crippen molar-refractivity contribution in [1.82, 2.24) is 14.3 Å². The highest BCUT2D eigenvalue weighted by Gasteiger charge is 2.23. The molecule has 8 heteroatoms. The Bertz CT molecular complexity index is 1180. The Morgan fingerprint density at radius 3 is 2.76 bits per heavy atom. The highest BCUT2D eigenvalue weighted by atomic mass is 32.2. The van der Waals surface area contributed by atoms with E-state index < -0.39 is 15.8 Å². The molecule has 0 fully saturated rings. The summed E-state index contributed by atoms with van der Waals surface area (Å²) < 4.78 is 47.1. The second-order valence-electron chi connectivity index (χ2n) is 6.19. The predicted octanol–water partition coefficient (Wildman–Crippen LogP) is 2.64. The van der Waals surface area contributed by atoms with E-state index in [1.165, 1.54) is 37.8 Å². The fourth-order valence-electron chi connectivity index (χ4n) is 2.81. The molecule has 6 nitrogen and oxygen atoms in total. The number of benzene rings is 1. The number of hydrogen-bond acceptors (Lipinski definition) is 5. The van der Waals surface area contributed by atoms with Crippen LogP contribution in [-0.2, 0) is 21.3 Å². The molecule has 0 amide bonds. The molecule has 0 saturated carbocycles. The smallest absolute Gasteiger partial charge is 0.269 e. The van der Waals surface area contributed by atoms with Gasteiger partial charge in [-0.2, -0.15) is 0 Å². The van der Waals surface area contributed by atoms with Crippen molar-refractivity contribution in [3.8, 4) is 23.1 Å². The molecular weight excluding hydrogens is 393 g/mol. The zero-order valence-electron chi connectivity index (χ0n) is 16.0. The van der Waals surface area contributed by atoms with E-state index in [0.717, 1.165) is 3.97 Å². The van der Waals surface area contributed by atoms with Crippen LogP contribution in [0.2, 0.25) is 0 Å². The molecule has 0 bridgehead atoms. The van der Waals surface area contributed by atoms with Crippen LogP contribution in [0.25, 0.3) is 11.3 Å². The monoisotopic (exact) mass is 413 g/mol. The maximum atomic E-state index is 14.4. The summed E-state index contributed by atoms with van der Waals surface area (Å²) in [5, 5.41) is 2.98. The standard InChI is InChI=1S/C21H20FN3O3S/c1-23-12-17-11-21(19-7-3-4-8-20(19)22)25(15-17)29(26,27)18-10-16(13-24-14-18)6-5-9-28-2/h3-4,7-8,10-11,13-15,23H,9,12H2,1-2H3. The third-order valence-electron chi connectivity index (χ3n) is 4.09. The SMILES string of the molecule is CNCc1cc(-c2ccccc2F)n(S(=O)(=O)c2cncc(C#CCOC)c2)c1. The summed E-state index contributed by atoms with van der Waals surface area (Å²) in [4.78, 5) is 3.96. The first-order chi connectivity index (χ1) is 14.0. The van der Waals surface area contributed by atoms with Gasteiger partial charge in [0.25, 0.3) is 10.0 Å². The Hall–Kier alpha value is -2.99. The lowest BCUT2D eigenvalue weighted by atomic mass is 10.1. The molecule has 0 aliphatic carbocycles. The van der Waals surface area contributed by atoms with Gasteiger partial charge < -0.3 is 10.1 Å². The van der Waals surface area contributed by atoms with Gasteiger partial charge in [-0.1, -0.05) is 24.0 Å². The minimum atomic E-state index is -4.02. The number of rotatable bonds is 6. The Morgan fingerprint density at radius 2 is 2.03 bits per heavy atom. The molecule has 0 radical (unpaired) electrons. The molecule has 2 heterocycles. The first-order valence-electron chi connectivity index (χ1n) is 8.76. The molecule has 1 aromatic carbocycles. The maximum absolute atomic E-state index is 14.4. The first kappa shape index (κ1) is 20.7. The number of ether oxygens (including phenoxy) is 1. The molecular formula is C21H20FN3O3S. The fraction of sp³-hybridized carbons (Fsp3) is 0.190. The summed E-state index contributed by atoms with van der Waals surface area (Å²) >= 11 is 0. The lowest BCUT2D eigenvalue weighted by Gasteiger charge is -2.11. The van der Waals surface area contributed by atoms with Crippen LogP contribution in [0.3, 0.4) is 0 Å². The minimum absolute atomic E-state index is 0.0362. The maximum Gasteiger partial charge on any atom is 0.269 e. The minimum Gasteiger partial charge on any atom is -0.372 e. The third kappa shape index (κ3) is 4.54. The van der Waals surface area contributed by atoms with Crippen LogP contribution in [0, 0.1) is 17.7 Å². The van der Waals surface area contributed by atoms with E-state index in [4.69, 9.17) is 4.74 Å². The predicted molar refractivity (Wildman–Crippen MR) is 108 cm³/mol. The van der Waals surface area contributed by atoms with Crippen molar-refractivity contribution in [2.75, 3.05) is 20.8 Å². The summed E-state index contributed by atoms with van der Waals surface area (Å²) in [5.41, 5.74) is 1.59. The van der Waals surface area contributed by atoms with Gasteiger partial charge in [-0.3, -0.25) is 4.98 Å². The van der Waals surface area contributed by atoms with Gasteiger partial charge in [-0.25, -0.2) is 16.8 Å². The fourth-order valence-corrected chi connectivity index (χ4v) is 4.20. The average Bonchev–Trinajstić information content (AvgIpc) is 3.14. The van der Waals surface area contributed by atoms with Gasteiger partial charge in [-0.15, -0.1) is 0 Å². The van der Waals surface area contributed by atoms with Crippen LogP contribution in [0.4, 0.5) is 4.39 Å². The zero-order chi connectivity index (χ0) is 20.9. The summed E-state index contributed by atoms with van der Waals surface area (Å²) in [7, 11) is -0.753. The van der Waals surface area contributed by atoms with E-state index in [2.05, 4.69) is 22.1 Å². The Labute approximate surface area is 169 Å². The van der Waals surface area contributed by atoms with Gasteiger partial charge in [0, 0.05) is 43.4 Å². The van der Waals surface area contributed by atoms with Crippen LogP contribution in [-0.4, -0.2) is 38.1 Å². The van der Waals surface area contributed by atoms with Crippen molar-refractivity contribution < 1.29 is 17.5 Å². The molecule has 0 unspecified atom stereocenters. The number of nitrogens with zero attached hydrogens (tertiary/aromatic N) is 2. The molecule has 29 heavy (non-hydrogen) atoms. The highest BCUT2D eigenvalue weighted by molar-refractivity contribution is 7.90. The summed E-state index contributed by atoms with van der Waals surface area (Å²) in [6, 6.07) is 9.15. The summed E-state index contributed by atoms with van der Waals surface area (Å²) in [5.74, 6) is 5.07. The highest BCUT2D eigenvalue weighted by Crippen LogP contribution is 2.29. The number of hydrogen-bond donors (Lipinski definition) is 1. The molecule has 150 valence electrons. The van der Waals surface area contributed by atoms with Crippen LogP contribution < -0.4 is 5.32 Å². The van der Waals surface area contributed by atoms with Gasteiger partial charge in [0.1, 0.15) is 17.3 Å². The Morgan fingerprint density at radius 1 is 1.24 bits per heavy atom. The summed E-state index contributed by atoms with van der Waals surface area (Å²) in [6.07, 6.45) is 4.21. The number of nitrogens with one attached hydrogen (secondary N) is 1. The van der Waals surface area contributed by atoms with E-state index >= 15 is 0 Å². The van der Waals surface area contributed by atoms with Gasteiger partial charge in [0.15, 0.2) is 0 Å². The van der Waals surface area contributed by atoms with Crippen molar-refractivity contribution in [2.45, 2.75) is 11.4 Å². The second-order valence-corrected chi connectivity index (χ2v) is 8.00. The number of halogens is 1. The number of pyridine rings is 1. The average molecular weight is 413 g/mol. The Kier molecular flexibility index (Phi) is 6.44. The van der Waals surface area contributed by atoms with Crippen molar-refractivity contribution in [3.63, 3.8) is 0 Å².